The molecule has 2 aliphatic heterocycles. The van der Waals surface area contributed by atoms with Gasteiger partial charge < -0.3 is 15.5 Å². The van der Waals surface area contributed by atoms with Gasteiger partial charge in [0.1, 0.15) is 6.04 Å². The van der Waals surface area contributed by atoms with Gasteiger partial charge in [-0.25, -0.2) is 0 Å². The van der Waals surface area contributed by atoms with Crippen molar-refractivity contribution in [2.75, 3.05) is 18.1 Å². The van der Waals surface area contributed by atoms with Crippen molar-refractivity contribution in [1.29, 1.82) is 0 Å². The summed E-state index contributed by atoms with van der Waals surface area (Å²) in [7, 11) is 1.57. The van der Waals surface area contributed by atoms with Crippen molar-refractivity contribution in [2.24, 2.45) is 0 Å². The molecule has 0 aliphatic carbocycles. The maximum absolute atomic E-state index is 12.5. The lowest BCUT2D eigenvalue weighted by molar-refractivity contribution is -0.135. The molecule has 23 heavy (non-hydrogen) atoms. The summed E-state index contributed by atoms with van der Waals surface area (Å²) >= 11 is 1.67. The standard InChI is InChI=1S/C16H19N3O3S/c1-16-8-7-13(20)19(16)12(9-23-16)15(22)18-11-5-3-10(4-6-11)14(21)17-2/h3-6,12H,7-9H2,1-2H3,(H,17,21)(H,18,22). The lowest BCUT2D eigenvalue weighted by Crippen LogP contribution is -2.48. The van der Waals surface area contributed by atoms with Gasteiger partial charge in [-0.05, 0) is 37.6 Å². The summed E-state index contributed by atoms with van der Waals surface area (Å²) in [6.45, 7) is 2.02. The third kappa shape index (κ3) is 2.81. The Hall–Kier alpha value is -2.02. The summed E-state index contributed by atoms with van der Waals surface area (Å²) in [5.41, 5.74) is 1.15. The number of fused-ring (bicyclic) bond motifs is 1. The first-order valence-corrected chi connectivity index (χ1v) is 8.52. The van der Waals surface area contributed by atoms with Gasteiger partial charge in [0.05, 0.1) is 4.87 Å². The molecule has 122 valence electrons. The Kier molecular flexibility index (Phi) is 4.06. The van der Waals surface area contributed by atoms with E-state index < -0.39 is 6.04 Å². The summed E-state index contributed by atoms with van der Waals surface area (Å²) in [5, 5.41) is 5.39. The zero-order chi connectivity index (χ0) is 16.6. The number of carbonyl (C=O) groups is 3. The lowest BCUT2D eigenvalue weighted by Gasteiger charge is -2.29. The Morgan fingerprint density at radius 2 is 2.00 bits per heavy atom. The molecular formula is C16H19N3O3S. The van der Waals surface area contributed by atoms with Gasteiger partial charge in [0.25, 0.3) is 5.91 Å². The van der Waals surface area contributed by atoms with Gasteiger partial charge >= 0.3 is 0 Å². The number of nitrogens with one attached hydrogen (secondary N) is 2. The molecule has 3 amide bonds. The van der Waals surface area contributed by atoms with E-state index in [2.05, 4.69) is 10.6 Å². The monoisotopic (exact) mass is 333 g/mol. The van der Waals surface area contributed by atoms with E-state index >= 15 is 0 Å². The Morgan fingerprint density at radius 3 is 2.65 bits per heavy atom. The molecule has 2 saturated heterocycles. The highest BCUT2D eigenvalue weighted by atomic mass is 32.2. The van der Waals surface area contributed by atoms with Gasteiger partial charge in [-0.1, -0.05) is 0 Å². The molecule has 6 nitrogen and oxygen atoms in total. The zero-order valence-electron chi connectivity index (χ0n) is 13.1. The second kappa shape index (κ2) is 5.88. The van der Waals surface area contributed by atoms with Gasteiger partial charge in [0.2, 0.25) is 11.8 Å². The summed E-state index contributed by atoms with van der Waals surface area (Å²) in [6, 6.07) is 6.26. The van der Waals surface area contributed by atoms with Gasteiger partial charge in [-0.15, -0.1) is 11.8 Å². The molecule has 7 heteroatoms. The number of anilines is 1. The predicted octanol–water partition coefficient (Wildman–Crippen LogP) is 1.44. The van der Waals surface area contributed by atoms with E-state index in [1.165, 1.54) is 0 Å². The average molecular weight is 333 g/mol. The first-order chi connectivity index (χ1) is 10.9. The van der Waals surface area contributed by atoms with Crippen LogP contribution >= 0.6 is 11.8 Å². The Balaban J connectivity index is 1.70. The van der Waals surface area contributed by atoms with Crippen molar-refractivity contribution < 1.29 is 14.4 Å². The maximum atomic E-state index is 12.5. The smallest absolute Gasteiger partial charge is 0.251 e. The van der Waals surface area contributed by atoms with Crippen LogP contribution in [0.5, 0.6) is 0 Å². The van der Waals surface area contributed by atoms with Crippen LogP contribution < -0.4 is 10.6 Å². The van der Waals surface area contributed by atoms with Gasteiger partial charge in [0.15, 0.2) is 0 Å². The predicted molar refractivity (Wildman–Crippen MR) is 89.2 cm³/mol. The van der Waals surface area contributed by atoms with Crippen molar-refractivity contribution >= 4 is 35.2 Å². The number of hydrogen-bond donors (Lipinski definition) is 2. The fourth-order valence-corrected chi connectivity index (χ4v) is 4.52. The molecule has 2 heterocycles. The SMILES string of the molecule is CNC(=O)c1ccc(NC(=O)C2CSC3(C)CCC(=O)N23)cc1. The number of nitrogens with zero attached hydrogens (tertiary/aromatic N) is 1. The average Bonchev–Trinajstić information content (AvgIpc) is 3.04. The fourth-order valence-electron chi connectivity index (χ4n) is 3.09. The molecule has 2 unspecified atom stereocenters. The van der Waals surface area contributed by atoms with Crippen LogP contribution in [0.4, 0.5) is 5.69 Å². The van der Waals surface area contributed by atoms with E-state index in [0.29, 0.717) is 23.4 Å². The number of hydrogen-bond acceptors (Lipinski definition) is 4. The highest BCUT2D eigenvalue weighted by molar-refractivity contribution is 8.01. The molecule has 1 aromatic rings. The van der Waals surface area contributed by atoms with Crippen molar-refractivity contribution in [3.8, 4) is 0 Å². The number of rotatable bonds is 3. The summed E-state index contributed by atoms with van der Waals surface area (Å²) in [4.78, 5) is 37.6. The van der Waals surface area contributed by atoms with E-state index in [1.54, 1.807) is 48.0 Å². The van der Waals surface area contributed by atoms with Crippen LogP contribution in [0.2, 0.25) is 0 Å². The molecule has 0 radical (unpaired) electrons. The van der Waals surface area contributed by atoms with Crippen LogP contribution in [0.1, 0.15) is 30.1 Å². The van der Waals surface area contributed by atoms with E-state index in [4.69, 9.17) is 0 Å². The minimum absolute atomic E-state index is 0.0487. The van der Waals surface area contributed by atoms with Crippen molar-refractivity contribution in [3.05, 3.63) is 29.8 Å². The molecule has 2 aliphatic rings. The van der Waals surface area contributed by atoms with Crippen LogP contribution in [-0.2, 0) is 9.59 Å². The van der Waals surface area contributed by atoms with Gasteiger partial charge in [-0.3, -0.25) is 14.4 Å². The minimum Gasteiger partial charge on any atom is -0.355 e. The molecule has 2 atom stereocenters. The van der Waals surface area contributed by atoms with E-state index in [9.17, 15) is 14.4 Å². The van der Waals surface area contributed by atoms with Gasteiger partial charge in [-0.2, -0.15) is 0 Å². The maximum Gasteiger partial charge on any atom is 0.251 e. The second-order valence-electron chi connectivity index (χ2n) is 5.91. The van der Waals surface area contributed by atoms with Crippen molar-refractivity contribution in [1.82, 2.24) is 10.2 Å². The molecule has 0 aromatic heterocycles. The summed E-state index contributed by atoms with van der Waals surface area (Å²) in [6.07, 6.45) is 1.30. The molecule has 2 N–H and O–H groups in total. The number of amides is 3. The minimum atomic E-state index is -0.432. The Labute approximate surface area is 139 Å². The number of thioether (sulfide) groups is 1. The van der Waals surface area contributed by atoms with Crippen molar-refractivity contribution in [2.45, 2.75) is 30.7 Å². The Bertz CT molecular complexity index is 661. The van der Waals surface area contributed by atoms with E-state index in [1.807, 2.05) is 6.92 Å². The van der Waals surface area contributed by atoms with Crippen LogP contribution in [0, 0.1) is 0 Å². The molecule has 0 spiro atoms. The number of carbonyl (C=O) groups excluding carboxylic acids is 3. The molecule has 3 rings (SSSR count). The Morgan fingerprint density at radius 1 is 1.30 bits per heavy atom. The largest absolute Gasteiger partial charge is 0.355 e. The van der Waals surface area contributed by atoms with Crippen LogP contribution in [0.15, 0.2) is 24.3 Å². The summed E-state index contributed by atoms with van der Waals surface area (Å²) < 4.78 is 0. The molecule has 0 saturated carbocycles. The first kappa shape index (κ1) is 15.9. The summed E-state index contributed by atoms with van der Waals surface area (Å²) in [5.74, 6) is 0.315. The normalized spacial score (nSPS) is 26.1. The molecular weight excluding hydrogens is 314 g/mol. The highest BCUT2D eigenvalue weighted by Crippen LogP contribution is 2.47. The first-order valence-electron chi connectivity index (χ1n) is 7.54. The molecule has 2 fully saturated rings. The topological polar surface area (TPSA) is 78.5 Å². The highest BCUT2D eigenvalue weighted by Gasteiger charge is 2.52. The van der Waals surface area contributed by atoms with Crippen LogP contribution in [-0.4, -0.2) is 46.3 Å². The molecule has 0 bridgehead atoms. The quantitative estimate of drug-likeness (QED) is 0.877. The fraction of sp³-hybridized carbons (Fsp3) is 0.438. The van der Waals surface area contributed by atoms with Crippen LogP contribution in [0.3, 0.4) is 0 Å². The third-order valence-electron chi connectivity index (χ3n) is 4.39. The zero-order valence-corrected chi connectivity index (χ0v) is 13.9. The third-order valence-corrected chi connectivity index (χ3v) is 5.89. The van der Waals surface area contributed by atoms with Gasteiger partial charge in [0, 0.05) is 30.5 Å². The number of benzene rings is 1. The van der Waals surface area contributed by atoms with Crippen LogP contribution in [0.25, 0.3) is 0 Å². The van der Waals surface area contributed by atoms with E-state index in [0.717, 1.165) is 6.42 Å². The van der Waals surface area contributed by atoms with E-state index in [-0.39, 0.29) is 22.6 Å². The second-order valence-corrected chi connectivity index (χ2v) is 7.41. The lowest BCUT2D eigenvalue weighted by atomic mass is 10.1. The molecule has 1 aromatic carbocycles. The van der Waals surface area contributed by atoms with Crippen molar-refractivity contribution in [3.63, 3.8) is 0 Å².